The summed E-state index contributed by atoms with van der Waals surface area (Å²) in [5.74, 6) is -1.06. The number of amides is 1. The highest BCUT2D eigenvalue weighted by Gasteiger charge is 2.31. The van der Waals surface area contributed by atoms with Crippen molar-refractivity contribution in [2.24, 2.45) is 0 Å². The third-order valence-corrected chi connectivity index (χ3v) is 5.03. The Morgan fingerprint density at radius 1 is 0.941 bits per heavy atom. The van der Waals surface area contributed by atoms with Gasteiger partial charge in [-0.3, -0.25) is 9.59 Å². The van der Waals surface area contributed by atoms with Gasteiger partial charge in [0.2, 0.25) is 5.91 Å². The van der Waals surface area contributed by atoms with Gasteiger partial charge in [-0.2, -0.15) is 18.3 Å². The van der Waals surface area contributed by atoms with Crippen LogP contribution in [0.3, 0.4) is 0 Å². The van der Waals surface area contributed by atoms with Gasteiger partial charge in [0.25, 0.3) is 5.56 Å². The molecule has 2 aromatic heterocycles. The number of rotatable bonds is 6. The van der Waals surface area contributed by atoms with Crippen molar-refractivity contribution >= 4 is 5.91 Å². The van der Waals surface area contributed by atoms with E-state index in [4.69, 9.17) is 0 Å². The summed E-state index contributed by atoms with van der Waals surface area (Å²) in [6.45, 7) is -0.590. The number of carbonyl (C=O) groups excluding carboxylic acids is 1. The highest BCUT2D eigenvalue weighted by molar-refractivity contribution is 5.76. The van der Waals surface area contributed by atoms with Crippen LogP contribution in [0.25, 0.3) is 16.9 Å². The molecule has 2 aromatic carbocycles. The van der Waals surface area contributed by atoms with E-state index in [0.29, 0.717) is 33.7 Å². The van der Waals surface area contributed by atoms with Crippen LogP contribution < -0.4 is 10.9 Å². The van der Waals surface area contributed by atoms with E-state index in [-0.39, 0.29) is 6.54 Å². The number of hydrogen-bond donors (Lipinski definition) is 1. The molecule has 0 spiro atoms. The average Bonchev–Trinajstić information content (AvgIpc) is 3.24. The normalized spacial score (nSPS) is 11.4. The van der Waals surface area contributed by atoms with Crippen LogP contribution in [0.15, 0.2) is 83.9 Å². The molecule has 1 N–H and O–H groups in total. The quantitative estimate of drug-likeness (QED) is 0.430. The van der Waals surface area contributed by atoms with E-state index in [9.17, 15) is 27.2 Å². The summed E-state index contributed by atoms with van der Waals surface area (Å²) in [7, 11) is 0. The van der Waals surface area contributed by atoms with Crippen LogP contribution in [0, 0.1) is 5.82 Å². The molecule has 4 rings (SSSR count). The first-order chi connectivity index (χ1) is 16.2. The van der Waals surface area contributed by atoms with Gasteiger partial charge in [0, 0.05) is 36.1 Å². The minimum absolute atomic E-state index is 0.00785. The van der Waals surface area contributed by atoms with Gasteiger partial charge in [-0.05, 0) is 42.5 Å². The summed E-state index contributed by atoms with van der Waals surface area (Å²) >= 11 is 0. The van der Waals surface area contributed by atoms with Crippen molar-refractivity contribution in [2.75, 3.05) is 0 Å². The van der Waals surface area contributed by atoms with Crippen molar-refractivity contribution in [3.63, 3.8) is 0 Å². The second kappa shape index (κ2) is 9.34. The van der Waals surface area contributed by atoms with Crippen molar-refractivity contribution in [3.05, 3.63) is 106 Å². The van der Waals surface area contributed by atoms with Crippen LogP contribution >= 0.6 is 0 Å². The van der Waals surface area contributed by atoms with Gasteiger partial charge in [-0.25, -0.2) is 9.07 Å². The zero-order valence-electron chi connectivity index (χ0n) is 17.6. The lowest BCUT2D eigenvalue weighted by Gasteiger charge is -2.11. The van der Waals surface area contributed by atoms with Crippen molar-refractivity contribution in [1.82, 2.24) is 19.7 Å². The number of halogens is 4. The minimum atomic E-state index is -4.64. The zero-order valence-corrected chi connectivity index (χ0v) is 17.6. The molecule has 10 heteroatoms. The van der Waals surface area contributed by atoms with Crippen molar-refractivity contribution < 1.29 is 22.4 Å². The monoisotopic (exact) mass is 470 g/mol. The molecule has 6 nitrogen and oxygen atoms in total. The lowest BCUT2D eigenvalue weighted by Crippen LogP contribution is -2.32. The molecule has 0 atom stereocenters. The highest BCUT2D eigenvalue weighted by atomic mass is 19.4. The molecule has 0 aliphatic rings. The molecule has 4 aromatic rings. The second-order valence-corrected chi connectivity index (χ2v) is 7.45. The minimum Gasteiger partial charge on any atom is -0.350 e. The van der Waals surface area contributed by atoms with Gasteiger partial charge >= 0.3 is 6.18 Å². The Bertz CT molecular complexity index is 1360. The number of para-hydroxylation sites is 1. The molecule has 0 unspecified atom stereocenters. The van der Waals surface area contributed by atoms with Crippen LogP contribution in [0.1, 0.15) is 11.1 Å². The van der Waals surface area contributed by atoms with Crippen molar-refractivity contribution in [2.45, 2.75) is 19.3 Å². The third-order valence-electron chi connectivity index (χ3n) is 5.03. The molecule has 1 amide bonds. The van der Waals surface area contributed by atoms with Gasteiger partial charge in [-0.1, -0.05) is 18.2 Å². The molecule has 34 heavy (non-hydrogen) atoms. The fourth-order valence-electron chi connectivity index (χ4n) is 3.33. The second-order valence-electron chi connectivity index (χ2n) is 7.45. The molecule has 0 saturated carbocycles. The molecule has 0 aliphatic heterocycles. The lowest BCUT2D eigenvalue weighted by molar-refractivity contribution is -0.138. The molecule has 0 saturated heterocycles. The topological polar surface area (TPSA) is 68.9 Å². The van der Waals surface area contributed by atoms with Gasteiger partial charge in [0.05, 0.1) is 16.9 Å². The van der Waals surface area contributed by atoms with E-state index in [2.05, 4.69) is 10.4 Å². The summed E-state index contributed by atoms with van der Waals surface area (Å²) in [6, 6.07) is 16.3. The average molecular weight is 470 g/mol. The van der Waals surface area contributed by atoms with Crippen molar-refractivity contribution in [1.29, 1.82) is 0 Å². The molecule has 0 bridgehead atoms. The number of pyridine rings is 1. The van der Waals surface area contributed by atoms with Crippen LogP contribution in [0.2, 0.25) is 0 Å². The molecule has 2 heterocycles. The van der Waals surface area contributed by atoms with Gasteiger partial charge in [-0.15, -0.1) is 0 Å². The summed E-state index contributed by atoms with van der Waals surface area (Å²) in [5, 5.41) is 7.17. The third kappa shape index (κ3) is 5.22. The zero-order chi connectivity index (χ0) is 24.3. The molecule has 0 radical (unpaired) electrons. The van der Waals surface area contributed by atoms with Crippen LogP contribution in [-0.4, -0.2) is 20.3 Å². The predicted molar refractivity (Wildman–Crippen MR) is 117 cm³/mol. The maximum absolute atomic E-state index is 13.4. The number of nitrogens with one attached hydrogen (secondary N) is 1. The summed E-state index contributed by atoms with van der Waals surface area (Å²) in [5.41, 5.74) is 0.726. The highest BCUT2D eigenvalue weighted by Crippen LogP contribution is 2.28. The van der Waals surface area contributed by atoms with E-state index in [1.165, 1.54) is 12.1 Å². The van der Waals surface area contributed by atoms with Crippen molar-refractivity contribution in [3.8, 4) is 16.9 Å². The first-order valence-electron chi connectivity index (χ1n) is 10.1. The SMILES string of the molecule is O=C(Cn1cc(C(F)(F)F)ccc1=O)NCc1cn(-c2ccccc2)nc1-c1ccc(F)cc1. The number of benzene rings is 2. The van der Waals surface area contributed by atoms with Crippen LogP contribution in [0.4, 0.5) is 17.6 Å². The maximum atomic E-state index is 13.4. The molecule has 0 aliphatic carbocycles. The standard InChI is InChI=1S/C24H18F4N4O2/c25-19-9-6-16(7-10-19)23-17(13-32(30-23)20-4-2-1-3-5-20)12-29-21(33)15-31-14-18(24(26,27)28)8-11-22(31)34/h1-11,13-14H,12,15H2,(H,29,33). The number of carbonyl (C=O) groups is 1. The predicted octanol–water partition coefficient (Wildman–Crippen LogP) is 4.18. The van der Waals surface area contributed by atoms with E-state index in [0.717, 1.165) is 11.8 Å². The molecule has 0 fully saturated rings. The van der Waals surface area contributed by atoms with Gasteiger partial charge in [0.15, 0.2) is 0 Å². The Hall–Kier alpha value is -4.21. The van der Waals surface area contributed by atoms with E-state index >= 15 is 0 Å². The smallest absolute Gasteiger partial charge is 0.350 e. The number of alkyl halides is 3. The summed E-state index contributed by atoms with van der Waals surface area (Å²) in [6.07, 6.45) is -2.33. The molecular formula is C24H18F4N4O2. The first-order valence-corrected chi connectivity index (χ1v) is 10.1. The van der Waals surface area contributed by atoms with E-state index < -0.39 is 35.6 Å². The first kappa shape index (κ1) is 23.0. The van der Waals surface area contributed by atoms with Crippen LogP contribution in [0.5, 0.6) is 0 Å². The van der Waals surface area contributed by atoms with E-state index in [1.807, 2.05) is 30.3 Å². The Morgan fingerprint density at radius 3 is 2.32 bits per heavy atom. The molecule has 174 valence electrons. The number of nitrogens with zero attached hydrogens (tertiary/aromatic N) is 3. The molecular weight excluding hydrogens is 452 g/mol. The van der Waals surface area contributed by atoms with Gasteiger partial charge in [0.1, 0.15) is 12.4 Å². The lowest BCUT2D eigenvalue weighted by atomic mass is 10.1. The number of aromatic nitrogens is 3. The Labute approximate surface area is 191 Å². The summed E-state index contributed by atoms with van der Waals surface area (Å²) < 4.78 is 54.5. The number of hydrogen-bond acceptors (Lipinski definition) is 3. The van der Waals surface area contributed by atoms with Gasteiger partial charge < -0.3 is 9.88 Å². The Kier molecular flexibility index (Phi) is 6.31. The Morgan fingerprint density at radius 2 is 1.65 bits per heavy atom. The van der Waals surface area contributed by atoms with Crippen LogP contribution in [-0.2, 0) is 24.1 Å². The Balaban J connectivity index is 1.56. The van der Waals surface area contributed by atoms with E-state index in [1.54, 1.807) is 23.0 Å². The fourth-order valence-corrected chi connectivity index (χ4v) is 3.33. The summed E-state index contributed by atoms with van der Waals surface area (Å²) in [4.78, 5) is 24.3. The largest absolute Gasteiger partial charge is 0.417 e. The fraction of sp³-hybridized carbons (Fsp3) is 0.125. The maximum Gasteiger partial charge on any atom is 0.417 e.